The van der Waals surface area contributed by atoms with Crippen LogP contribution < -0.4 is 4.90 Å². The Morgan fingerprint density at radius 3 is 2.31 bits per heavy atom. The monoisotopic (exact) mass is 445 g/mol. The van der Waals surface area contributed by atoms with Crippen molar-refractivity contribution in [2.75, 3.05) is 4.90 Å². The summed E-state index contributed by atoms with van der Waals surface area (Å²) >= 11 is 3.47. The van der Waals surface area contributed by atoms with Gasteiger partial charge in [-0.25, -0.2) is 9.97 Å². The van der Waals surface area contributed by atoms with Gasteiger partial charge >= 0.3 is 0 Å². The molecule has 142 valence electrons. The van der Waals surface area contributed by atoms with Crippen LogP contribution in [0.5, 0.6) is 0 Å². The van der Waals surface area contributed by atoms with Gasteiger partial charge in [0.1, 0.15) is 0 Å². The smallest absolute Gasteiger partial charge is 0.238 e. The van der Waals surface area contributed by atoms with E-state index in [2.05, 4.69) is 38.0 Å². The summed E-state index contributed by atoms with van der Waals surface area (Å²) in [6, 6.07) is 13.3. The van der Waals surface area contributed by atoms with Gasteiger partial charge in [0, 0.05) is 21.6 Å². The Morgan fingerprint density at radius 1 is 0.931 bits per heavy atom. The Kier molecular flexibility index (Phi) is 3.56. The van der Waals surface area contributed by atoms with Crippen molar-refractivity contribution in [3.05, 3.63) is 65.3 Å². The van der Waals surface area contributed by atoms with Crippen LogP contribution in [0, 0.1) is 23.7 Å². The molecule has 1 aliphatic heterocycles. The first-order valence-corrected chi connectivity index (χ1v) is 10.5. The number of allylic oxidation sites excluding steroid dienone is 2. The Hall–Kier alpha value is -2.86. The largest absolute Gasteiger partial charge is 0.274 e. The van der Waals surface area contributed by atoms with Crippen molar-refractivity contribution in [1.82, 2.24) is 9.97 Å². The molecule has 0 N–H and O–H groups in total. The Bertz CT molecular complexity index is 1190. The second-order valence-corrected chi connectivity index (χ2v) is 8.87. The number of carbonyl (C=O) groups excluding carboxylic acids is 2. The maximum atomic E-state index is 13.0. The molecule has 2 fully saturated rings. The van der Waals surface area contributed by atoms with E-state index in [9.17, 15) is 9.59 Å². The molecule has 2 aliphatic carbocycles. The standard InChI is InChI=1S/C23H16BrN3O2/c24-16-6-3-15-11-25-21(26-18(15)10-16)12-4-7-17(8-5-12)27-22(28)19-13-1-2-14(9-13)20(19)23(27)29/h1-8,10-11,13-14,19-20H,9H2/t13-,14+,19-,20+. The zero-order valence-corrected chi connectivity index (χ0v) is 16.9. The van der Waals surface area contributed by atoms with Crippen molar-refractivity contribution in [2.45, 2.75) is 6.42 Å². The van der Waals surface area contributed by atoms with Gasteiger partial charge in [-0.15, -0.1) is 0 Å². The summed E-state index contributed by atoms with van der Waals surface area (Å²) in [5.41, 5.74) is 2.33. The van der Waals surface area contributed by atoms with Crippen molar-refractivity contribution in [1.29, 1.82) is 0 Å². The van der Waals surface area contributed by atoms with Crippen LogP contribution in [0.25, 0.3) is 22.3 Å². The molecule has 0 radical (unpaired) electrons. The SMILES string of the molecule is O=C1[C@@H]2[C@H](C(=O)N1c1ccc(-c3ncc4ccc(Br)cc4n3)cc1)[C@@H]1C=C[C@H]2C1. The van der Waals surface area contributed by atoms with Gasteiger partial charge in [0.2, 0.25) is 11.8 Å². The molecule has 2 aromatic carbocycles. The first-order chi connectivity index (χ1) is 14.1. The zero-order chi connectivity index (χ0) is 19.7. The van der Waals surface area contributed by atoms with Crippen LogP contribution in [-0.2, 0) is 9.59 Å². The van der Waals surface area contributed by atoms with E-state index < -0.39 is 0 Å². The van der Waals surface area contributed by atoms with Gasteiger partial charge in [-0.2, -0.15) is 0 Å². The molecule has 1 saturated heterocycles. The lowest BCUT2D eigenvalue weighted by atomic mass is 9.85. The highest BCUT2D eigenvalue weighted by molar-refractivity contribution is 9.10. The van der Waals surface area contributed by atoms with Gasteiger partial charge < -0.3 is 0 Å². The second-order valence-electron chi connectivity index (χ2n) is 7.96. The van der Waals surface area contributed by atoms with Gasteiger partial charge in [0.15, 0.2) is 5.82 Å². The lowest BCUT2D eigenvalue weighted by Gasteiger charge is -2.17. The number of nitrogens with zero attached hydrogens (tertiary/aromatic N) is 3. The predicted molar refractivity (Wildman–Crippen MR) is 113 cm³/mol. The van der Waals surface area contributed by atoms with E-state index in [-0.39, 0.29) is 35.5 Å². The van der Waals surface area contributed by atoms with E-state index in [0.717, 1.165) is 27.4 Å². The van der Waals surface area contributed by atoms with Crippen LogP contribution in [0.4, 0.5) is 5.69 Å². The summed E-state index contributed by atoms with van der Waals surface area (Å²) in [5.74, 6) is 0.569. The van der Waals surface area contributed by atoms with Gasteiger partial charge in [0.25, 0.3) is 0 Å². The molecule has 0 spiro atoms. The fourth-order valence-corrected chi connectivity index (χ4v) is 5.40. The summed E-state index contributed by atoms with van der Waals surface area (Å²) in [6.45, 7) is 0. The Morgan fingerprint density at radius 2 is 1.62 bits per heavy atom. The molecule has 1 aromatic heterocycles. The number of imide groups is 1. The number of amides is 2. The number of hydrogen-bond acceptors (Lipinski definition) is 4. The number of halogens is 1. The van der Waals surface area contributed by atoms with Crippen molar-refractivity contribution < 1.29 is 9.59 Å². The lowest BCUT2D eigenvalue weighted by molar-refractivity contribution is -0.123. The number of fused-ring (bicyclic) bond motifs is 6. The number of anilines is 1. The van der Waals surface area contributed by atoms with Crippen molar-refractivity contribution in [3.63, 3.8) is 0 Å². The van der Waals surface area contributed by atoms with Crippen LogP contribution in [0.1, 0.15) is 6.42 Å². The minimum atomic E-state index is -0.181. The average molecular weight is 446 g/mol. The molecule has 3 aliphatic rings. The molecule has 29 heavy (non-hydrogen) atoms. The van der Waals surface area contributed by atoms with Crippen LogP contribution >= 0.6 is 15.9 Å². The molecular formula is C23H16BrN3O2. The Balaban J connectivity index is 1.32. The van der Waals surface area contributed by atoms with Crippen LogP contribution in [-0.4, -0.2) is 21.8 Å². The van der Waals surface area contributed by atoms with Crippen molar-refractivity contribution >= 4 is 44.3 Å². The third-order valence-electron chi connectivity index (χ3n) is 6.40. The third-order valence-corrected chi connectivity index (χ3v) is 6.89. The summed E-state index contributed by atoms with van der Waals surface area (Å²) in [5, 5.41) is 0.969. The molecule has 4 atom stereocenters. The van der Waals surface area contributed by atoms with E-state index in [1.54, 1.807) is 6.20 Å². The number of aromatic nitrogens is 2. The lowest BCUT2D eigenvalue weighted by Crippen LogP contribution is -2.32. The molecule has 2 bridgehead atoms. The Labute approximate surface area is 175 Å². The summed E-state index contributed by atoms with van der Waals surface area (Å²) in [4.78, 5) is 36.4. The van der Waals surface area contributed by atoms with Crippen LogP contribution in [0.3, 0.4) is 0 Å². The minimum absolute atomic E-state index is 0.0589. The van der Waals surface area contributed by atoms with Crippen LogP contribution in [0.15, 0.2) is 65.3 Å². The summed E-state index contributed by atoms with van der Waals surface area (Å²) < 4.78 is 0.963. The number of carbonyl (C=O) groups is 2. The maximum absolute atomic E-state index is 13.0. The number of benzene rings is 2. The maximum Gasteiger partial charge on any atom is 0.238 e. The van der Waals surface area contributed by atoms with E-state index in [1.807, 2.05) is 42.5 Å². The van der Waals surface area contributed by atoms with Gasteiger partial charge in [-0.3, -0.25) is 14.5 Å². The van der Waals surface area contributed by atoms with E-state index >= 15 is 0 Å². The highest BCUT2D eigenvalue weighted by Crippen LogP contribution is 2.53. The van der Waals surface area contributed by atoms with E-state index in [1.165, 1.54) is 4.90 Å². The van der Waals surface area contributed by atoms with Crippen molar-refractivity contribution in [2.24, 2.45) is 23.7 Å². The molecule has 2 amide bonds. The summed E-state index contributed by atoms with van der Waals surface area (Å²) in [6.07, 6.45) is 6.96. The molecule has 6 rings (SSSR count). The molecular weight excluding hydrogens is 430 g/mol. The fraction of sp³-hybridized carbons (Fsp3) is 0.217. The topological polar surface area (TPSA) is 63.2 Å². The first-order valence-electron chi connectivity index (χ1n) is 9.69. The molecule has 5 nitrogen and oxygen atoms in total. The van der Waals surface area contributed by atoms with Gasteiger partial charge in [-0.05, 0) is 54.7 Å². The third kappa shape index (κ3) is 2.45. The molecule has 3 aromatic rings. The first kappa shape index (κ1) is 17.0. The molecule has 1 saturated carbocycles. The van der Waals surface area contributed by atoms with Gasteiger partial charge in [-0.1, -0.05) is 34.1 Å². The highest BCUT2D eigenvalue weighted by Gasteiger charge is 2.59. The quantitative estimate of drug-likeness (QED) is 0.433. The fourth-order valence-electron chi connectivity index (χ4n) is 5.05. The minimum Gasteiger partial charge on any atom is -0.274 e. The van der Waals surface area contributed by atoms with E-state index in [0.29, 0.717) is 11.5 Å². The number of hydrogen-bond donors (Lipinski definition) is 0. The zero-order valence-electron chi connectivity index (χ0n) is 15.3. The van der Waals surface area contributed by atoms with Crippen LogP contribution in [0.2, 0.25) is 0 Å². The molecule has 0 unspecified atom stereocenters. The average Bonchev–Trinajstić information content (AvgIpc) is 3.41. The second kappa shape index (κ2) is 6.07. The van der Waals surface area contributed by atoms with Gasteiger partial charge in [0.05, 0.1) is 23.0 Å². The number of rotatable bonds is 2. The summed E-state index contributed by atoms with van der Waals surface area (Å²) in [7, 11) is 0. The highest BCUT2D eigenvalue weighted by atomic mass is 79.9. The predicted octanol–water partition coefficient (Wildman–Crippen LogP) is 4.37. The van der Waals surface area contributed by atoms with E-state index in [4.69, 9.17) is 0 Å². The molecule has 6 heteroatoms. The van der Waals surface area contributed by atoms with Crippen molar-refractivity contribution in [3.8, 4) is 11.4 Å². The molecule has 2 heterocycles. The normalized spacial score (nSPS) is 27.3.